The van der Waals surface area contributed by atoms with Crippen LogP contribution in [0.2, 0.25) is 0 Å². The van der Waals surface area contributed by atoms with E-state index in [9.17, 15) is 36.9 Å². The molecule has 4 aromatic carbocycles. The lowest BCUT2D eigenvalue weighted by Crippen LogP contribution is -1.95. The molecule has 0 aromatic heterocycles. The Balaban J connectivity index is 1.86. The van der Waals surface area contributed by atoms with Crippen molar-refractivity contribution in [1.82, 2.24) is 0 Å². The highest BCUT2D eigenvalue weighted by Crippen LogP contribution is 2.51. The zero-order valence-electron chi connectivity index (χ0n) is 19.7. The summed E-state index contributed by atoms with van der Waals surface area (Å²) in [6.45, 7) is 15.1. The van der Waals surface area contributed by atoms with Gasteiger partial charge in [0, 0.05) is 11.1 Å². The van der Waals surface area contributed by atoms with Crippen LogP contribution in [0, 0.1) is 70.7 Å². The number of hydrogen-bond donors (Lipinski definition) is 0. The van der Waals surface area contributed by atoms with E-state index in [1.807, 2.05) is 6.07 Å². The van der Waals surface area contributed by atoms with E-state index in [1.54, 1.807) is 6.07 Å². The van der Waals surface area contributed by atoms with Gasteiger partial charge >= 0.3 is 0 Å². The molecule has 5 rings (SSSR count). The summed E-state index contributed by atoms with van der Waals surface area (Å²) in [5, 5.41) is 19.5. The lowest BCUT2D eigenvalue weighted by molar-refractivity contribution is 0.447. The Morgan fingerprint density at radius 1 is 0.600 bits per heavy atom. The van der Waals surface area contributed by atoms with Crippen molar-refractivity contribution in [2.75, 3.05) is 0 Å². The van der Waals surface area contributed by atoms with Crippen LogP contribution in [-0.2, 0) is 0 Å². The molecule has 1 aliphatic carbocycles. The fourth-order valence-corrected chi connectivity index (χ4v) is 4.66. The van der Waals surface area contributed by atoms with Gasteiger partial charge in [0.25, 0.3) is 5.70 Å². The maximum absolute atomic E-state index is 14.0. The second-order valence-electron chi connectivity index (χ2n) is 8.54. The lowest BCUT2D eigenvalue weighted by atomic mass is 9.92. The van der Waals surface area contributed by atoms with Gasteiger partial charge in [-0.15, -0.1) is 0 Å². The van der Waals surface area contributed by atoms with E-state index in [-0.39, 0.29) is 55.8 Å². The normalized spacial score (nSPS) is 12.4. The average Bonchev–Trinajstić information content (AvgIpc) is 3.25. The SMILES string of the molecule is [C-]#[N+]/C(C#N)=C1/c2cc(-c3cc(F)c(F)c(F)c3)c(C#N)cc2-c2cc([N+]#[C-])c(-c3cc(F)c(F)c(F)c3)cc21. The van der Waals surface area contributed by atoms with Crippen molar-refractivity contribution in [3.63, 3.8) is 0 Å². The maximum Gasteiger partial charge on any atom is 0.270 e. The molecule has 0 unspecified atom stereocenters. The monoisotopic (exact) mass is 538 g/mol. The Bertz CT molecular complexity index is 1830. The first-order valence-corrected chi connectivity index (χ1v) is 11.1. The second kappa shape index (κ2) is 9.48. The van der Waals surface area contributed by atoms with Crippen molar-refractivity contribution in [1.29, 1.82) is 10.5 Å². The molecule has 0 fully saturated rings. The summed E-state index contributed by atoms with van der Waals surface area (Å²) in [5.41, 5.74) is -0.0682. The summed E-state index contributed by atoms with van der Waals surface area (Å²) in [6.07, 6.45) is 0. The van der Waals surface area contributed by atoms with E-state index in [4.69, 9.17) is 13.1 Å². The molecule has 0 radical (unpaired) electrons. The number of nitrogens with zero attached hydrogens (tertiary/aromatic N) is 4. The summed E-state index contributed by atoms with van der Waals surface area (Å²) in [5.74, 6) is -9.39. The van der Waals surface area contributed by atoms with Gasteiger partial charge in [-0.1, -0.05) is 6.07 Å². The Kier molecular flexibility index (Phi) is 6.11. The quantitative estimate of drug-likeness (QED) is 0.0980. The summed E-state index contributed by atoms with van der Waals surface area (Å²) < 4.78 is 83.4. The van der Waals surface area contributed by atoms with E-state index in [0.717, 1.165) is 0 Å². The Morgan fingerprint density at radius 3 is 1.52 bits per heavy atom. The summed E-state index contributed by atoms with van der Waals surface area (Å²) in [7, 11) is 0. The van der Waals surface area contributed by atoms with Gasteiger partial charge in [0.15, 0.2) is 40.6 Å². The van der Waals surface area contributed by atoms with Gasteiger partial charge in [0.2, 0.25) is 0 Å². The molecule has 0 heterocycles. The molecule has 4 nitrogen and oxygen atoms in total. The smallest absolute Gasteiger partial charge is 0.237 e. The van der Waals surface area contributed by atoms with Crippen LogP contribution in [0.15, 0.2) is 54.2 Å². The van der Waals surface area contributed by atoms with Crippen molar-refractivity contribution in [3.8, 4) is 45.5 Å². The third kappa shape index (κ3) is 3.84. The van der Waals surface area contributed by atoms with Crippen LogP contribution in [-0.4, -0.2) is 0 Å². The summed E-state index contributed by atoms with van der Waals surface area (Å²) in [6, 6.07) is 11.7. The molecule has 10 heteroatoms. The van der Waals surface area contributed by atoms with E-state index >= 15 is 0 Å². The molecule has 1 aliphatic rings. The van der Waals surface area contributed by atoms with Gasteiger partial charge in [-0.3, -0.25) is 0 Å². The predicted octanol–water partition coefficient (Wildman–Crippen LogP) is 8.46. The average molecular weight is 538 g/mol. The highest BCUT2D eigenvalue weighted by Gasteiger charge is 2.30. The predicted molar refractivity (Wildman–Crippen MR) is 132 cm³/mol. The molecule has 40 heavy (non-hydrogen) atoms. The van der Waals surface area contributed by atoms with Gasteiger partial charge in [0.05, 0.1) is 30.8 Å². The highest BCUT2D eigenvalue weighted by atomic mass is 19.2. The van der Waals surface area contributed by atoms with Gasteiger partial charge in [0.1, 0.15) is 0 Å². The van der Waals surface area contributed by atoms with Gasteiger partial charge in [-0.25, -0.2) is 41.3 Å². The van der Waals surface area contributed by atoms with Crippen LogP contribution in [0.1, 0.15) is 16.7 Å². The lowest BCUT2D eigenvalue weighted by Gasteiger charge is -2.11. The minimum atomic E-state index is -1.70. The molecule has 0 N–H and O–H groups in total. The van der Waals surface area contributed by atoms with Gasteiger partial charge < -0.3 is 0 Å². The largest absolute Gasteiger partial charge is 0.270 e. The van der Waals surface area contributed by atoms with Crippen molar-refractivity contribution < 1.29 is 26.3 Å². The molecule has 0 atom stereocenters. The van der Waals surface area contributed by atoms with Gasteiger partial charge in [-0.2, -0.15) is 5.26 Å². The highest BCUT2D eigenvalue weighted by molar-refractivity contribution is 6.07. The van der Waals surface area contributed by atoms with Crippen LogP contribution in [0.5, 0.6) is 0 Å². The molecular formula is C30H8F6N4. The molecule has 0 aliphatic heterocycles. The minimum absolute atomic E-state index is 0.0251. The number of benzene rings is 4. The van der Waals surface area contributed by atoms with Crippen molar-refractivity contribution >= 4 is 11.3 Å². The number of fused-ring (bicyclic) bond motifs is 3. The third-order valence-corrected chi connectivity index (χ3v) is 6.41. The zero-order valence-corrected chi connectivity index (χ0v) is 19.7. The third-order valence-electron chi connectivity index (χ3n) is 6.41. The summed E-state index contributed by atoms with van der Waals surface area (Å²) >= 11 is 0. The van der Waals surface area contributed by atoms with Crippen LogP contribution in [0.25, 0.3) is 48.6 Å². The van der Waals surface area contributed by atoms with Crippen molar-refractivity contribution in [2.24, 2.45) is 0 Å². The molecule has 0 saturated heterocycles. The van der Waals surface area contributed by atoms with Gasteiger partial charge in [-0.05, 0) is 81.4 Å². The molecule has 4 aromatic rings. The molecule has 0 bridgehead atoms. The van der Waals surface area contributed by atoms with E-state index in [0.29, 0.717) is 29.8 Å². The molecule has 0 saturated carbocycles. The Hall–Kier alpha value is -5.84. The fraction of sp³-hybridized carbons (Fsp3) is 0. The van der Waals surface area contributed by atoms with Crippen LogP contribution < -0.4 is 0 Å². The number of halogens is 6. The second-order valence-corrected chi connectivity index (χ2v) is 8.54. The van der Waals surface area contributed by atoms with Crippen LogP contribution >= 0.6 is 0 Å². The van der Waals surface area contributed by atoms with E-state index < -0.39 is 40.6 Å². The summed E-state index contributed by atoms with van der Waals surface area (Å²) in [4.78, 5) is 6.67. The number of rotatable bonds is 2. The van der Waals surface area contributed by atoms with Crippen LogP contribution in [0.3, 0.4) is 0 Å². The minimum Gasteiger partial charge on any atom is -0.237 e. The Labute approximate surface area is 222 Å². The number of hydrogen-bond acceptors (Lipinski definition) is 2. The first-order chi connectivity index (χ1) is 19.1. The topological polar surface area (TPSA) is 56.3 Å². The van der Waals surface area contributed by atoms with Crippen molar-refractivity contribution in [2.45, 2.75) is 0 Å². The van der Waals surface area contributed by atoms with E-state index in [2.05, 4.69) is 9.69 Å². The standard InChI is InChI=1S/C30H8F6N4/c1-39-26-10-19-18-3-15(11-37)16(13-4-22(31)29(35)23(32)5-13)8-20(18)28(27(12-38)40-2)21(19)9-17(26)14-6-24(33)30(36)25(34)7-14/h3-10H/b28-27-. The molecule has 0 spiro atoms. The van der Waals surface area contributed by atoms with Crippen LogP contribution in [0.4, 0.5) is 32.0 Å². The fourth-order valence-electron chi connectivity index (χ4n) is 4.66. The molecule has 0 amide bonds. The first kappa shape index (κ1) is 25.8. The van der Waals surface area contributed by atoms with E-state index in [1.165, 1.54) is 24.3 Å². The maximum atomic E-state index is 14.0. The number of allylic oxidation sites excluding steroid dienone is 1. The zero-order chi connectivity index (χ0) is 28.9. The molecule has 190 valence electrons. The number of nitriles is 2. The Morgan fingerprint density at radius 2 is 1.07 bits per heavy atom. The first-order valence-electron chi connectivity index (χ1n) is 11.1. The molecular weight excluding hydrogens is 530 g/mol. The van der Waals surface area contributed by atoms with Crippen molar-refractivity contribution in [3.05, 3.63) is 129 Å².